The molecule has 37 heavy (non-hydrogen) atoms. The van der Waals surface area contributed by atoms with Crippen molar-refractivity contribution in [3.8, 4) is 10.6 Å². The van der Waals surface area contributed by atoms with Crippen molar-refractivity contribution in [3.05, 3.63) is 64.4 Å². The van der Waals surface area contributed by atoms with Crippen molar-refractivity contribution in [2.45, 2.75) is 44.7 Å². The molecule has 3 aromatic rings. The summed E-state index contributed by atoms with van der Waals surface area (Å²) in [6, 6.07) is 4.95. The van der Waals surface area contributed by atoms with Crippen LogP contribution in [0.5, 0.6) is 0 Å². The molecule has 0 saturated heterocycles. The topological polar surface area (TPSA) is 110 Å². The van der Waals surface area contributed by atoms with E-state index in [-0.39, 0.29) is 40.2 Å². The molecule has 1 saturated carbocycles. The summed E-state index contributed by atoms with van der Waals surface area (Å²) in [6.07, 6.45) is 4.11. The number of pyridine rings is 1. The number of aryl methyl sites for hydroxylation is 1. The van der Waals surface area contributed by atoms with Gasteiger partial charge < -0.3 is 20.7 Å². The predicted octanol–water partition coefficient (Wildman–Crippen LogP) is 4.95. The van der Waals surface area contributed by atoms with E-state index in [9.17, 15) is 18.4 Å². The van der Waals surface area contributed by atoms with Crippen LogP contribution in [0.1, 0.15) is 46.6 Å². The second kappa shape index (κ2) is 10.9. The number of benzene rings is 1. The summed E-state index contributed by atoms with van der Waals surface area (Å²) in [4.78, 5) is 35.8. The number of nitrogens with two attached hydrogens (primary N) is 1. The lowest BCUT2D eigenvalue weighted by molar-refractivity contribution is 0.0778. The van der Waals surface area contributed by atoms with Crippen LogP contribution >= 0.6 is 11.3 Å². The summed E-state index contributed by atoms with van der Waals surface area (Å²) in [5.74, 6) is -1.88. The Balaban J connectivity index is 1.56. The van der Waals surface area contributed by atoms with Gasteiger partial charge in [-0.05, 0) is 55.4 Å². The Kier molecular flexibility index (Phi) is 7.84. The van der Waals surface area contributed by atoms with Gasteiger partial charge in [-0.25, -0.2) is 18.6 Å². The molecule has 3 N–H and O–H groups in total. The molecule has 196 valence electrons. The van der Waals surface area contributed by atoms with Crippen LogP contribution in [0, 0.1) is 24.5 Å². The molecule has 1 fully saturated rings. The highest BCUT2D eigenvalue weighted by Crippen LogP contribution is 2.40. The number of carbonyl (C=O) groups is 2. The van der Waals surface area contributed by atoms with E-state index >= 15 is 0 Å². The third-order valence-corrected chi connectivity index (χ3v) is 7.86. The number of hydrogen-bond donors (Lipinski definition) is 2. The minimum atomic E-state index is -0.742. The number of aromatic nitrogens is 2. The zero-order valence-corrected chi connectivity index (χ0v) is 21.8. The van der Waals surface area contributed by atoms with Crippen molar-refractivity contribution in [2.24, 2.45) is 11.7 Å². The average Bonchev–Trinajstić information content (AvgIpc) is 3.24. The quantitative estimate of drug-likeness (QED) is 0.484. The number of thiazole rings is 1. The predicted molar refractivity (Wildman–Crippen MR) is 137 cm³/mol. The molecule has 4 atom stereocenters. The maximum absolute atomic E-state index is 14.3. The molecule has 2 heterocycles. The maximum Gasteiger partial charge on any atom is 0.409 e. The van der Waals surface area contributed by atoms with Crippen molar-refractivity contribution >= 4 is 29.0 Å². The first-order valence-corrected chi connectivity index (χ1v) is 12.7. The van der Waals surface area contributed by atoms with Gasteiger partial charge in [0.15, 0.2) is 0 Å². The van der Waals surface area contributed by atoms with Crippen molar-refractivity contribution < 1.29 is 23.1 Å². The molecule has 0 radical (unpaired) electrons. The van der Waals surface area contributed by atoms with E-state index in [1.807, 2.05) is 13.0 Å². The lowest BCUT2D eigenvalue weighted by Crippen LogP contribution is -2.55. The molecule has 1 aliphatic rings. The van der Waals surface area contributed by atoms with Crippen LogP contribution in [0.15, 0.2) is 36.7 Å². The van der Waals surface area contributed by atoms with Gasteiger partial charge in [-0.2, -0.15) is 0 Å². The highest BCUT2D eigenvalue weighted by molar-refractivity contribution is 7.15. The SMILES string of the molecule is COC(=O)N(C)[C@@H]1[C@H](C)C[C@H](c2ccncc2NC(=O)c2nc(-c3c(F)cccc3F)sc2C)C[C@@H]1N. The Bertz CT molecular complexity index is 1280. The molecule has 2 aromatic heterocycles. The minimum absolute atomic E-state index is 0.0187. The number of amides is 2. The molecule has 8 nitrogen and oxygen atoms in total. The van der Waals surface area contributed by atoms with Crippen LogP contribution in [0.4, 0.5) is 19.3 Å². The van der Waals surface area contributed by atoms with E-state index < -0.39 is 23.6 Å². The standard InChI is InChI=1S/C26H29F2N5O3S/c1-13-10-15(11-19(29)23(13)33(3)26(35)36-4)16-8-9-30-12-20(16)31-24(34)22-14(2)37-25(32-22)21-17(27)6-5-7-18(21)28/h5-9,12-13,15,19,23H,10-11,29H2,1-4H3,(H,31,34)/t13-,15+,19+,23-/m1/s1. The van der Waals surface area contributed by atoms with Crippen LogP contribution in [0.25, 0.3) is 10.6 Å². The fourth-order valence-corrected chi connectivity index (χ4v) is 6.19. The van der Waals surface area contributed by atoms with Crippen LogP contribution in [0.2, 0.25) is 0 Å². The van der Waals surface area contributed by atoms with E-state index in [2.05, 4.69) is 15.3 Å². The van der Waals surface area contributed by atoms with Crippen LogP contribution in [0.3, 0.4) is 0 Å². The molecule has 1 aromatic carbocycles. The molecule has 4 rings (SSSR count). The summed E-state index contributed by atoms with van der Waals surface area (Å²) in [7, 11) is 3.02. The molecular formula is C26H29F2N5O3S. The lowest BCUT2D eigenvalue weighted by atomic mass is 9.73. The van der Waals surface area contributed by atoms with Gasteiger partial charge in [-0.3, -0.25) is 9.78 Å². The third-order valence-electron chi connectivity index (χ3n) is 6.88. The Labute approximate surface area is 217 Å². The summed E-state index contributed by atoms with van der Waals surface area (Å²) < 4.78 is 33.4. The average molecular weight is 530 g/mol. The molecule has 11 heteroatoms. The van der Waals surface area contributed by atoms with E-state index in [4.69, 9.17) is 10.5 Å². The van der Waals surface area contributed by atoms with Gasteiger partial charge in [0.05, 0.1) is 30.6 Å². The van der Waals surface area contributed by atoms with Gasteiger partial charge in [0.1, 0.15) is 22.3 Å². The van der Waals surface area contributed by atoms with Crippen molar-refractivity contribution in [2.75, 3.05) is 19.5 Å². The molecule has 0 aliphatic heterocycles. The van der Waals surface area contributed by atoms with Gasteiger partial charge in [0.2, 0.25) is 0 Å². The molecule has 2 amide bonds. The number of halogens is 2. The van der Waals surface area contributed by atoms with E-state index in [0.29, 0.717) is 17.0 Å². The summed E-state index contributed by atoms with van der Waals surface area (Å²) >= 11 is 1.05. The van der Waals surface area contributed by atoms with Gasteiger partial charge in [0, 0.05) is 24.2 Å². The summed E-state index contributed by atoms with van der Waals surface area (Å²) in [5, 5.41) is 2.97. The third kappa shape index (κ3) is 5.33. The Morgan fingerprint density at radius 1 is 1.22 bits per heavy atom. The second-order valence-electron chi connectivity index (χ2n) is 9.32. The van der Waals surface area contributed by atoms with Gasteiger partial charge in [0.25, 0.3) is 5.91 Å². The van der Waals surface area contributed by atoms with Crippen LogP contribution in [-0.4, -0.2) is 53.1 Å². The molecule has 0 bridgehead atoms. The largest absolute Gasteiger partial charge is 0.453 e. The Morgan fingerprint density at radius 2 is 1.92 bits per heavy atom. The first-order valence-electron chi connectivity index (χ1n) is 11.9. The minimum Gasteiger partial charge on any atom is -0.453 e. The van der Waals surface area contributed by atoms with Crippen LogP contribution < -0.4 is 11.1 Å². The van der Waals surface area contributed by atoms with Gasteiger partial charge in [-0.15, -0.1) is 11.3 Å². The van der Waals surface area contributed by atoms with Gasteiger partial charge >= 0.3 is 6.09 Å². The fraction of sp³-hybridized carbons (Fsp3) is 0.385. The Hall–Kier alpha value is -3.44. The zero-order valence-electron chi connectivity index (χ0n) is 21.0. The van der Waals surface area contributed by atoms with E-state index in [1.54, 1.807) is 31.3 Å². The number of carbonyl (C=O) groups excluding carboxylic acids is 2. The van der Waals surface area contributed by atoms with E-state index in [1.165, 1.54) is 13.2 Å². The molecule has 0 unspecified atom stereocenters. The number of likely N-dealkylation sites (N-methyl/N-ethyl adjacent to an activating group) is 1. The first-order chi connectivity index (χ1) is 17.6. The number of ether oxygens (including phenoxy) is 1. The number of rotatable bonds is 5. The molecular weight excluding hydrogens is 500 g/mol. The highest BCUT2D eigenvalue weighted by Gasteiger charge is 2.39. The smallest absolute Gasteiger partial charge is 0.409 e. The number of nitrogens with one attached hydrogen (secondary N) is 1. The molecule has 0 spiro atoms. The Morgan fingerprint density at radius 3 is 2.57 bits per heavy atom. The summed E-state index contributed by atoms with van der Waals surface area (Å²) in [6.45, 7) is 3.72. The van der Waals surface area contributed by atoms with Crippen molar-refractivity contribution in [3.63, 3.8) is 0 Å². The molecule has 1 aliphatic carbocycles. The number of hydrogen-bond acceptors (Lipinski definition) is 7. The first kappa shape index (κ1) is 26.6. The number of methoxy groups -OCH3 is 1. The number of anilines is 1. The maximum atomic E-state index is 14.3. The van der Waals surface area contributed by atoms with Crippen molar-refractivity contribution in [1.29, 1.82) is 0 Å². The second-order valence-corrected chi connectivity index (χ2v) is 10.5. The number of nitrogens with zero attached hydrogens (tertiary/aromatic N) is 3. The summed E-state index contributed by atoms with van der Waals surface area (Å²) in [5.41, 5.74) is 7.74. The monoisotopic (exact) mass is 529 g/mol. The normalized spacial score (nSPS) is 21.4. The van der Waals surface area contributed by atoms with E-state index in [0.717, 1.165) is 35.5 Å². The van der Waals surface area contributed by atoms with Crippen LogP contribution in [-0.2, 0) is 4.74 Å². The van der Waals surface area contributed by atoms with Crippen molar-refractivity contribution in [1.82, 2.24) is 14.9 Å². The lowest BCUT2D eigenvalue weighted by Gasteiger charge is -2.43. The van der Waals surface area contributed by atoms with Gasteiger partial charge in [-0.1, -0.05) is 13.0 Å². The highest BCUT2D eigenvalue weighted by atomic mass is 32.1. The zero-order chi connectivity index (χ0) is 26.9. The fourth-order valence-electron chi connectivity index (χ4n) is 5.23.